The Morgan fingerprint density at radius 3 is 2.70 bits per heavy atom. The molecule has 27 heavy (non-hydrogen) atoms. The van der Waals surface area contributed by atoms with Gasteiger partial charge in [0.1, 0.15) is 11.5 Å². The maximum Gasteiger partial charge on any atom is 0.295 e. The van der Waals surface area contributed by atoms with Crippen LogP contribution in [0.25, 0.3) is 5.76 Å². The van der Waals surface area contributed by atoms with E-state index in [1.165, 1.54) is 18.1 Å². The van der Waals surface area contributed by atoms with Crippen LogP contribution in [0.3, 0.4) is 0 Å². The summed E-state index contributed by atoms with van der Waals surface area (Å²) in [6.45, 7) is 2.31. The number of likely N-dealkylation sites (tertiary alicyclic amines) is 1. The van der Waals surface area contributed by atoms with Gasteiger partial charge in [0, 0.05) is 24.5 Å². The zero-order valence-corrected chi connectivity index (χ0v) is 15.7. The van der Waals surface area contributed by atoms with Crippen LogP contribution < -0.4 is 4.74 Å². The van der Waals surface area contributed by atoms with E-state index in [9.17, 15) is 14.7 Å². The number of pyridine rings is 1. The SMILES string of the molecule is CCCN1C(=O)C(=O)/C(=C(\O)c2ccc(OC)c(Cl)c2)C1c1cccnc1. The lowest BCUT2D eigenvalue weighted by molar-refractivity contribution is -0.139. The average Bonchev–Trinajstić information content (AvgIpc) is 2.93. The Kier molecular flexibility index (Phi) is 5.46. The number of hydrogen-bond donors (Lipinski definition) is 1. The molecule has 1 amide bonds. The van der Waals surface area contributed by atoms with Crippen molar-refractivity contribution in [1.29, 1.82) is 0 Å². The van der Waals surface area contributed by atoms with E-state index in [0.717, 1.165) is 0 Å². The van der Waals surface area contributed by atoms with Gasteiger partial charge in [-0.05, 0) is 36.2 Å². The molecule has 2 heterocycles. The van der Waals surface area contributed by atoms with E-state index in [1.807, 2.05) is 6.92 Å². The van der Waals surface area contributed by atoms with Crippen LogP contribution in [-0.2, 0) is 9.59 Å². The van der Waals surface area contributed by atoms with E-state index >= 15 is 0 Å². The second-order valence-electron chi connectivity index (χ2n) is 6.13. The number of carbonyl (C=O) groups is 2. The molecular formula is C20H19ClN2O4. The molecule has 1 aromatic carbocycles. The van der Waals surface area contributed by atoms with Gasteiger partial charge in [-0.2, -0.15) is 0 Å². The minimum absolute atomic E-state index is 0.0303. The zero-order chi connectivity index (χ0) is 19.6. The fourth-order valence-electron chi connectivity index (χ4n) is 3.20. The molecule has 2 aromatic rings. The predicted octanol–water partition coefficient (Wildman–Crippen LogP) is 3.58. The number of ether oxygens (including phenoxy) is 1. The third kappa shape index (κ3) is 3.40. The van der Waals surface area contributed by atoms with Gasteiger partial charge in [0.2, 0.25) is 0 Å². The maximum atomic E-state index is 12.7. The van der Waals surface area contributed by atoms with Crippen LogP contribution in [0.5, 0.6) is 5.75 Å². The quantitative estimate of drug-likeness (QED) is 0.482. The number of amides is 1. The third-order valence-electron chi connectivity index (χ3n) is 4.43. The third-order valence-corrected chi connectivity index (χ3v) is 4.73. The molecule has 140 valence electrons. The molecule has 1 atom stereocenters. The molecule has 7 heteroatoms. The number of ketones is 1. The number of Topliss-reactive ketones (excluding diaryl/α,β-unsaturated/α-hetero) is 1. The van der Waals surface area contributed by atoms with Crippen LogP contribution in [0.15, 0.2) is 48.3 Å². The van der Waals surface area contributed by atoms with Crippen LogP contribution >= 0.6 is 11.6 Å². The van der Waals surface area contributed by atoms with Crippen LogP contribution in [0, 0.1) is 0 Å². The topological polar surface area (TPSA) is 79.7 Å². The largest absolute Gasteiger partial charge is 0.507 e. The Morgan fingerprint density at radius 2 is 2.11 bits per heavy atom. The molecule has 1 aromatic heterocycles. The number of carbonyl (C=O) groups excluding carboxylic acids is 2. The predicted molar refractivity (Wildman–Crippen MR) is 102 cm³/mol. The standard InChI is InChI=1S/C20H19ClN2O4/c1-3-9-23-17(13-5-4-8-22-11-13)16(19(25)20(23)26)18(24)12-6-7-15(27-2)14(21)10-12/h4-8,10-11,17,24H,3,9H2,1-2H3/b18-16-. The first kappa shape index (κ1) is 18.9. The van der Waals surface area contributed by atoms with Crippen LogP contribution in [-0.4, -0.2) is 40.3 Å². The van der Waals surface area contributed by atoms with Crippen molar-refractivity contribution < 1.29 is 19.4 Å². The highest BCUT2D eigenvalue weighted by Crippen LogP contribution is 2.40. The summed E-state index contributed by atoms with van der Waals surface area (Å²) in [6.07, 6.45) is 3.88. The second-order valence-corrected chi connectivity index (χ2v) is 6.54. The molecular weight excluding hydrogens is 368 g/mol. The Labute approximate surface area is 162 Å². The molecule has 1 aliphatic rings. The lowest BCUT2D eigenvalue weighted by atomic mass is 9.96. The summed E-state index contributed by atoms with van der Waals surface area (Å²) < 4.78 is 5.12. The highest BCUT2D eigenvalue weighted by Gasteiger charge is 2.45. The molecule has 1 unspecified atom stereocenters. The van der Waals surface area contributed by atoms with E-state index in [0.29, 0.717) is 34.9 Å². The van der Waals surface area contributed by atoms with Gasteiger partial charge in [-0.15, -0.1) is 0 Å². The van der Waals surface area contributed by atoms with Crippen LogP contribution in [0.4, 0.5) is 0 Å². The van der Waals surface area contributed by atoms with E-state index in [1.54, 1.807) is 36.7 Å². The monoisotopic (exact) mass is 386 g/mol. The number of nitrogens with zero attached hydrogens (tertiary/aromatic N) is 2. The minimum Gasteiger partial charge on any atom is -0.507 e. The minimum atomic E-state index is -0.721. The van der Waals surface area contributed by atoms with Crippen molar-refractivity contribution in [3.63, 3.8) is 0 Å². The van der Waals surface area contributed by atoms with E-state index in [2.05, 4.69) is 4.98 Å². The van der Waals surface area contributed by atoms with Gasteiger partial charge < -0.3 is 14.7 Å². The molecule has 0 aliphatic carbocycles. The average molecular weight is 387 g/mol. The smallest absolute Gasteiger partial charge is 0.295 e. The summed E-state index contributed by atoms with van der Waals surface area (Å²) in [4.78, 5) is 30.8. The summed E-state index contributed by atoms with van der Waals surface area (Å²) in [6, 6.07) is 7.50. The fourth-order valence-corrected chi connectivity index (χ4v) is 3.46. The Hall–Kier alpha value is -2.86. The van der Waals surface area contributed by atoms with E-state index in [4.69, 9.17) is 16.3 Å². The Bertz CT molecular complexity index is 911. The van der Waals surface area contributed by atoms with Gasteiger partial charge >= 0.3 is 0 Å². The number of aliphatic hydroxyl groups is 1. The maximum absolute atomic E-state index is 12.7. The lowest BCUT2D eigenvalue weighted by Gasteiger charge is -2.24. The van der Waals surface area contributed by atoms with Gasteiger partial charge in [-0.25, -0.2) is 0 Å². The number of halogens is 1. The highest BCUT2D eigenvalue weighted by molar-refractivity contribution is 6.46. The number of rotatable bonds is 5. The second kappa shape index (κ2) is 7.80. The van der Waals surface area contributed by atoms with Gasteiger partial charge in [0.25, 0.3) is 11.7 Å². The molecule has 0 spiro atoms. The molecule has 1 fully saturated rings. The molecule has 3 rings (SSSR count). The fraction of sp³-hybridized carbons (Fsp3) is 0.250. The molecule has 1 aliphatic heterocycles. The van der Waals surface area contributed by atoms with Crippen molar-refractivity contribution in [3.05, 3.63) is 64.4 Å². The Balaban J connectivity index is 2.17. The normalized spacial score (nSPS) is 18.8. The van der Waals surface area contributed by atoms with Gasteiger partial charge in [0.15, 0.2) is 0 Å². The van der Waals surface area contributed by atoms with Crippen molar-refractivity contribution >= 4 is 29.1 Å². The number of hydrogen-bond acceptors (Lipinski definition) is 5. The first-order valence-corrected chi connectivity index (χ1v) is 8.89. The van der Waals surface area contributed by atoms with Crippen molar-refractivity contribution in [3.8, 4) is 5.75 Å². The molecule has 6 nitrogen and oxygen atoms in total. The molecule has 1 N–H and O–H groups in total. The van der Waals surface area contributed by atoms with Gasteiger partial charge in [0.05, 0.1) is 23.7 Å². The first-order chi connectivity index (χ1) is 13.0. The summed E-state index contributed by atoms with van der Waals surface area (Å²) in [7, 11) is 1.49. The molecule has 0 bridgehead atoms. The van der Waals surface area contributed by atoms with Gasteiger partial charge in [-0.3, -0.25) is 14.6 Å². The summed E-state index contributed by atoms with van der Waals surface area (Å²) >= 11 is 6.15. The highest BCUT2D eigenvalue weighted by atomic mass is 35.5. The summed E-state index contributed by atoms with van der Waals surface area (Å²) in [5.74, 6) is -1.18. The number of methoxy groups -OCH3 is 1. The van der Waals surface area contributed by atoms with Crippen molar-refractivity contribution in [2.24, 2.45) is 0 Å². The summed E-state index contributed by atoms with van der Waals surface area (Å²) in [5, 5.41) is 11.2. The van der Waals surface area contributed by atoms with Crippen molar-refractivity contribution in [1.82, 2.24) is 9.88 Å². The van der Waals surface area contributed by atoms with Gasteiger partial charge in [-0.1, -0.05) is 24.6 Å². The zero-order valence-electron chi connectivity index (χ0n) is 15.0. The Morgan fingerprint density at radius 1 is 1.33 bits per heavy atom. The number of aromatic nitrogens is 1. The van der Waals surface area contributed by atoms with E-state index < -0.39 is 17.7 Å². The number of aliphatic hydroxyl groups excluding tert-OH is 1. The summed E-state index contributed by atoms with van der Waals surface area (Å²) in [5.41, 5.74) is 1.03. The molecule has 1 saturated heterocycles. The lowest BCUT2D eigenvalue weighted by Crippen LogP contribution is -2.30. The molecule has 0 saturated carbocycles. The van der Waals surface area contributed by atoms with Crippen molar-refractivity contribution in [2.45, 2.75) is 19.4 Å². The molecule has 0 radical (unpaired) electrons. The first-order valence-electron chi connectivity index (χ1n) is 8.51. The van der Waals surface area contributed by atoms with E-state index in [-0.39, 0.29) is 11.3 Å². The number of benzene rings is 1. The van der Waals surface area contributed by atoms with Crippen LogP contribution in [0.1, 0.15) is 30.5 Å². The van der Waals surface area contributed by atoms with Crippen molar-refractivity contribution in [2.75, 3.05) is 13.7 Å². The van der Waals surface area contributed by atoms with Crippen LogP contribution in [0.2, 0.25) is 5.02 Å².